The zero-order valence-corrected chi connectivity index (χ0v) is 21.4. The molecule has 11 heteroatoms. The van der Waals surface area contributed by atoms with Crippen LogP contribution in [0, 0.1) is 10.1 Å². The van der Waals surface area contributed by atoms with Gasteiger partial charge in [-0.05, 0) is 42.3 Å². The van der Waals surface area contributed by atoms with E-state index in [1.807, 2.05) is 0 Å². The Morgan fingerprint density at radius 3 is 2.38 bits per heavy atom. The number of benzene rings is 2. The van der Waals surface area contributed by atoms with Gasteiger partial charge in [0.1, 0.15) is 5.57 Å². The predicted octanol–water partition coefficient (Wildman–Crippen LogP) is 5.66. The summed E-state index contributed by atoms with van der Waals surface area (Å²) in [4.78, 5) is 49.0. The molecule has 2 aromatic rings. The highest BCUT2D eigenvalue weighted by molar-refractivity contribution is 6.39. The van der Waals surface area contributed by atoms with E-state index in [1.165, 1.54) is 50.6 Å². The molecule has 1 N–H and O–H groups in total. The summed E-state index contributed by atoms with van der Waals surface area (Å²) in [6.45, 7) is 2.64. The number of unbranched alkanes of at least 4 members (excludes halogenated alkanes) is 5. The summed E-state index contributed by atoms with van der Waals surface area (Å²) in [6, 6.07) is 6.95. The Kier molecular flexibility index (Phi) is 9.62. The van der Waals surface area contributed by atoms with Crippen molar-refractivity contribution in [2.24, 2.45) is 0 Å². The lowest BCUT2D eigenvalue weighted by Gasteiger charge is -2.26. The van der Waals surface area contributed by atoms with Gasteiger partial charge < -0.3 is 9.47 Å². The van der Waals surface area contributed by atoms with Crippen LogP contribution in [0.3, 0.4) is 0 Å². The Morgan fingerprint density at radius 2 is 1.73 bits per heavy atom. The second-order valence-corrected chi connectivity index (χ2v) is 8.79. The van der Waals surface area contributed by atoms with Gasteiger partial charge in [0.05, 0.1) is 29.4 Å². The monoisotopic (exact) mass is 529 g/mol. The van der Waals surface area contributed by atoms with Gasteiger partial charge in [-0.1, -0.05) is 50.6 Å². The molecule has 0 atom stereocenters. The summed E-state index contributed by atoms with van der Waals surface area (Å²) in [7, 11) is 1.45. The van der Waals surface area contributed by atoms with Crippen molar-refractivity contribution in [1.82, 2.24) is 5.32 Å². The molecule has 0 bridgehead atoms. The highest BCUT2D eigenvalue weighted by Crippen LogP contribution is 2.37. The zero-order chi connectivity index (χ0) is 26.9. The molecule has 0 aliphatic carbocycles. The summed E-state index contributed by atoms with van der Waals surface area (Å²) >= 11 is 6.43. The van der Waals surface area contributed by atoms with Crippen molar-refractivity contribution in [2.45, 2.75) is 45.4 Å². The van der Waals surface area contributed by atoms with E-state index in [0.717, 1.165) is 36.3 Å². The summed E-state index contributed by atoms with van der Waals surface area (Å²) in [5, 5.41) is 13.3. The minimum absolute atomic E-state index is 0.0700. The first-order chi connectivity index (χ1) is 17.8. The molecule has 1 aliphatic rings. The van der Waals surface area contributed by atoms with Crippen molar-refractivity contribution < 1.29 is 28.8 Å². The Morgan fingerprint density at radius 1 is 1.05 bits per heavy atom. The van der Waals surface area contributed by atoms with Crippen molar-refractivity contribution >= 4 is 46.9 Å². The van der Waals surface area contributed by atoms with E-state index in [9.17, 15) is 24.5 Å². The molecule has 1 fully saturated rings. The number of halogens is 1. The number of non-ortho nitro benzene ring substituents is 1. The number of nitrogens with one attached hydrogen (secondary N) is 1. The molecule has 1 heterocycles. The van der Waals surface area contributed by atoms with Gasteiger partial charge in [0.25, 0.3) is 17.5 Å². The zero-order valence-electron chi connectivity index (χ0n) is 20.6. The number of methoxy groups -OCH3 is 1. The molecule has 4 amide bonds. The van der Waals surface area contributed by atoms with Gasteiger partial charge in [-0.2, -0.15) is 0 Å². The molecule has 196 valence electrons. The average Bonchev–Trinajstić information content (AvgIpc) is 2.87. The van der Waals surface area contributed by atoms with Gasteiger partial charge in [-0.3, -0.25) is 25.0 Å². The lowest BCUT2D eigenvalue weighted by Crippen LogP contribution is -2.54. The van der Waals surface area contributed by atoms with Crippen LogP contribution < -0.4 is 19.7 Å². The van der Waals surface area contributed by atoms with E-state index in [2.05, 4.69) is 12.2 Å². The minimum atomic E-state index is -0.963. The topological polar surface area (TPSA) is 128 Å². The number of nitro groups is 1. The first-order valence-corrected chi connectivity index (χ1v) is 12.3. The van der Waals surface area contributed by atoms with Crippen LogP contribution in [0.1, 0.15) is 51.0 Å². The van der Waals surface area contributed by atoms with Crippen LogP contribution >= 0.6 is 11.6 Å². The van der Waals surface area contributed by atoms with E-state index >= 15 is 0 Å². The standard InChI is InChI=1S/C26H28ClN3O7/c1-3-4-5-6-7-8-13-37-23-21(27)15-17(16-22(23)36-2)14-20-24(31)28-26(33)29(25(20)32)18-9-11-19(12-10-18)30(34)35/h9-12,14-16H,3-8,13H2,1-2H3,(H,28,31,33)/b20-14-. The maximum atomic E-state index is 13.1. The number of urea groups is 1. The SMILES string of the molecule is CCCCCCCCOc1c(Cl)cc(/C=C2/C(=O)NC(=O)N(c3ccc([N+](=O)[O-])cc3)C2=O)cc1OC. The Balaban J connectivity index is 1.80. The molecule has 0 aromatic heterocycles. The van der Waals surface area contributed by atoms with E-state index in [0.29, 0.717) is 23.7 Å². The molecule has 37 heavy (non-hydrogen) atoms. The van der Waals surface area contributed by atoms with E-state index in [4.69, 9.17) is 21.1 Å². The fraction of sp³-hybridized carbons (Fsp3) is 0.346. The number of carbonyl (C=O) groups excluding carboxylic acids is 3. The van der Waals surface area contributed by atoms with Crippen molar-refractivity contribution in [2.75, 3.05) is 18.6 Å². The van der Waals surface area contributed by atoms with E-state index in [-0.39, 0.29) is 22.0 Å². The molecule has 2 aromatic carbocycles. The molecule has 3 rings (SSSR count). The summed E-state index contributed by atoms with van der Waals surface area (Å²) in [6.07, 6.45) is 7.95. The fourth-order valence-electron chi connectivity index (χ4n) is 3.80. The van der Waals surface area contributed by atoms with Gasteiger partial charge in [-0.25, -0.2) is 9.69 Å². The second kappa shape index (κ2) is 12.9. The lowest BCUT2D eigenvalue weighted by molar-refractivity contribution is -0.384. The number of hydrogen-bond acceptors (Lipinski definition) is 7. The molecular formula is C26H28ClN3O7. The van der Waals surface area contributed by atoms with Crippen molar-refractivity contribution in [3.05, 3.63) is 62.7 Å². The summed E-state index contributed by atoms with van der Waals surface area (Å²) in [5.74, 6) is -1.08. The third-order valence-electron chi connectivity index (χ3n) is 5.73. The van der Waals surface area contributed by atoms with Crippen LogP contribution in [-0.4, -0.2) is 36.5 Å². The van der Waals surface area contributed by atoms with Crippen LogP contribution in [-0.2, 0) is 9.59 Å². The minimum Gasteiger partial charge on any atom is -0.493 e. The summed E-state index contributed by atoms with van der Waals surface area (Å²) < 4.78 is 11.3. The maximum absolute atomic E-state index is 13.1. The maximum Gasteiger partial charge on any atom is 0.335 e. The van der Waals surface area contributed by atoms with Crippen molar-refractivity contribution in [1.29, 1.82) is 0 Å². The molecule has 1 aliphatic heterocycles. The van der Waals surface area contributed by atoms with Gasteiger partial charge in [0.2, 0.25) is 0 Å². The number of nitro benzene ring substituents is 1. The molecular weight excluding hydrogens is 502 g/mol. The van der Waals surface area contributed by atoms with Crippen LogP contribution in [0.4, 0.5) is 16.2 Å². The summed E-state index contributed by atoms with van der Waals surface area (Å²) in [5.41, 5.74) is -0.0800. The Hall–Kier alpha value is -3.92. The number of hydrogen-bond donors (Lipinski definition) is 1. The largest absolute Gasteiger partial charge is 0.493 e. The smallest absolute Gasteiger partial charge is 0.335 e. The Bertz CT molecular complexity index is 1210. The van der Waals surface area contributed by atoms with Gasteiger partial charge >= 0.3 is 6.03 Å². The average molecular weight is 530 g/mol. The molecule has 0 saturated carbocycles. The number of barbiturate groups is 1. The van der Waals surface area contributed by atoms with E-state index < -0.39 is 22.8 Å². The molecule has 1 saturated heterocycles. The molecule has 0 unspecified atom stereocenters. The highest BCUT2D eigenvalue weighted by atomic mass is 35.5. The number of anilines is 1. The van der Waals surface area contributed by atoms with Crippen LogP contribution in [0.5, 0.6) is 11.5 Å². The fourth-order valence-corrected chi connectivity index (χ4v) is 4.08. The third kappa shape index (κ3) is 6.85. The number of imide groups is 2. The first kappa shape index (κ1) is 27.7. The first-order valence-electron chi connectivity index (χ1n) is 11.9. The van der Waals surface area contributed by atoms with Crippen LogP contribution in [0.15, 0.2) is 42.0 Å². The number of nitrogens with zero attached hydrogens (tertiary/aromatic N) is 2. The lowest BCUT2D eigenvalue weighted by atomic mass is 10.1. The number of carbonyl (C=O) groups is 3. The van der Waals surface area contributed by atoms with Crippen LogP contribution in [0.2, 0.25) is 5.02 Å². The van der Waals surface area contributed by atoms with E-state index in [1.54, 1.807) is 6.07 Å². The normalized spacial score (nSPS) is 14.6. The second-order valence-electron chi connectivity index (χ2n) is 8.38. The van der Waals surface area contributed by atoms with Gasteiger partial charge in [0.15, 0.2) is 11.5 Å². The highest BCUT2D eigenvalue weighted by Gasteiger charge is 2.37. The van der Waals surface area contributed by atoms with Gasteiger partial charge in [-0.15, -0.1) is 0 Å². The molecule has 0 radical (unpaired) electrons. The molecule has 0 spiro atoms. The predicted molar refractivity (Wildman–Crippen MR) is 139 cm³/mol. The molecule has 10 nitrogen and oxygen atoms in total. The van der Waals surface area contributed by atoms with Gasteiger partial charge in [0, 0.05) is 12.1 Å². The number of ether oxygens (including phenoxy) is 2. The van der Waals surface area contributed by atoms with Crippen LogP contribution in [0.25, 0.3) is 6.08 Å². The quantitative estimate of drug-likeness (QED) is 0.123. The van der Waals surface area contributed by atoms with Crippen molar-refractivity contribution in [3.8, 4) is 11.5 Å². The number of rotatable bonds is 12. The Labute approximate surface area is 219 Å². The van der Waals surface area contributed by atoms with Crippen molar-refractivity contribution in [3.63, 3.8) is 0 Å². The number of amides is 4. The third-order valence-corrected chi connectivity index (χ3v) is 6.01.